The number of carboxylic acids is 1. The maximum Gasteiger partial charge on any atom is 0.455 e. The second kappa shape index (κ2) is 9.98. The van der Waals surface area contributed by atoms with Gasteiger partial charge in [-0.2, -0.15) is 0 Å². The van der Waals surface area contributed by atoms with Crippen LogP contribution < -0.4 is 15.4 Å². The lowest BCUT2D eigenvalue weighted by atomic mass is 9.80. The quantitative estimate of drug-likeness (QED) is 0.244. The number of rotatable bonds is 10. The number of hydrogen-bond acceptors (Lipinski definition) is 8. The Labute approximate surface area is 191 Å². The van der Waals surface area contributed by atoms with E-state index in [0.29, 0.717) is 25.2 Å². The molecule has 0 radical (unpaired) electrons. The van der Waals surface area contributed by atoms with Gasteiger partial charge in [-0.05, 0) is 23.5 Å². The zero-order valence-electron chi connectivity index (χ0n) is 18.8. The summed E-state index contributed by atoms with van der Waals surface area (Å²) >= 11 is 0. The first-order valence-corrected chi connectivity index (χ1v) is 10.9. The number of carbonyl (C=O) groups is 3. The van der Waals surface area contributed by atoms with Gasteiger partial charge in [0.25, 0.3) is 0 Å². The molecule has 2 amide bonds. The maximum absolute atomic E-state index is 12.1. The minimum atomic E-state index is -1.54. The van der Waals surface area contributed by atoms with Crippen molar-refractivity contribution in [1.82, 2.24) is 15.5 Å². The molecule has 1 aliphatic carbocycles. The van der Waals surface area contributed by atoms with Gasteiger partial charge in [0.1, 0.15) is 23.2 Å². The fraction of sp³-hybridized carbons (Fsp3) is 0.571. The van der Waals surface area contributed by atoms with Crippen molar-refractivity contribution in [2.45, 2.75) is 31.7 Å². The molecule has 1 saturated carbocycles. The average Bonchev–Trinajstić information content (AvgIpc) is 3.40. The molecule has 11 nitrogen and oxygen atoms in total. The minimum absolute atomic E-state index is 0.0409. The third-order valence-corrected chi connectivity index (χ3v) is 6.43. The van der Waals surface area contributed by atoms with Crippen LogP contribution >= 0.6 is 0 Å². The highest BCUT2D eigenvalue weighted by Crippen LogP contribution is 2.61. The lowest BCUT2D eigenvalue weighted by molar-refractivity contribution is -0.129. The van der Waals surface area contributed by atoms with Gasteiger partial charge in [0.05, 0.1) is 6.54 Å². The molecule has 0 aromatic heterocycles. The zero-order valence-corrected chi connectivity index (χ0v) is 18.8. The number of nitrogens with zero attached hydrogens (tertiary/aromatic N) is 1. The Balaban J connectivity index is 1.57. The van der Waals surface area contributed by atoms with Crippen LogP contribution in [0, 0.1) is 11.8 Å². The molecular formula is C21H30BN3O8. The molecule has 2 aliphatic rings. The van der Waals surface area contributed by atoms with E-state index in [1.807, 2.05) is 11.8 Å². The average molecular weight is 463 g/mol. The molecule has 180 valence electrons. The Morgan fingerprint density at radius 3 is 2.48 bits per heavy atom. The zero-order chi connectivity index (χ0) is 24.4. The van der Waals surface area contributed by atoms with Crippen LogP contribution in [-0.2, 0) is 9.59 Å². The van der Waals surface area contributed by atoms with Crippen molar-refractivity contribution in [2.75, 3.05) is 33.2 Å². The largest absolute Gasteiger partial charge is 0.507 e. The summed E-state index contributed by atoms with van der Waals surface area (Å²) in [6.45, 7) is 4.89. The Hall–Kier alpha value is -2.83. The van der Waals surface area contributed by atoms with Crippen molar-refractivity contribution in [3.63, 3.8) is 0 Å². The molecule has 4 atom stereocenters. The summed E-state index contributed by atoms with van der Waals surface area (Å²) in [7, 11) is -0.0491. The van der Waals surface area contributed by atoms with E-state index in [2.05, 4.69) is 10.6 Å². The molecule has 1 heterocycles. The van der Waals surface area contributed by atoms with E-state index in [-0.39, 0.29) is 53.5 Å². The second-order valence-electron chi connectivity index (χ2n) is 8.81. The highest BCUT2D eigenvalue weighted by Gasteiger charge is 2.55. The maximum atomic E-state index is 12.1. The molecule has 2 fully saturated rings. The SMILES string of the molecule is CNC(=O)CNC(=O)[C@@H](C)CN1CC(Oc2ccc(C3C(C)C3B(O)O)c(O)c2C(=O)O)C1. The molecule has 1 aromatic carbocycles. The number of likely N-dealkylation sites (N-methyl/N-ethyl adjacent to an activating group) is 1. The molecule has 3 rings (SSSR count). The number of amides is 2. The summed E-state index contributed by atoms with van der Waals surface area (Å²) in [5.41, 5.74) is 0.00959. The summed E-state index contributed by atoms with van der Waals surface area (Å²) < 4.78 is 5.81. The number of nitrogens with one attached hydrogen (secondary N) is 2. The number of benzene rings is 1. The molecule has 1 saturated heterocycles. The molecule has 0 bridgehead atoms. The van der Waals surface area contributed by atoms with E-state index in [4.69, 9.17) is 4.74 Å². The first kappa shape index (κ1) is 24.8. The van der Waals surface area contributed by atoms with Crippen LogP contribution in [-0.4, -0.2) is 89.4 Å². The smallest absolute Gasteiger partial charge is 0.455 e. The topological polar surface area (TPSA) is 169 Å². The molecule has 1 aromatic rings. The fourth-order valence-electron chi connectivity index (χ4n) is 4.43. The van der Waals surface area contributed by atoms with Crippen LogP contribution in [0.2, 0.25) is 5.82 Å². The van der Waals surface area contributed by atoms with Crippen molar-refractivity contribution in [3.05, 3.63) is 23.3 Å². The minimum Gasteiger partial charge on any atom is -0.507 e. The van der Waals surface area contributed by atoms with Crippen molar-refractivity contribution < 1.29 is 39.4 Å². The summed E-state index contributed by atoms with van der Waals surface area (Å²) in [5.74, 6) is -3.47. The van der Waals surface area contributed by atoms with Gasteiger partial charge in [0.15, 0.2) is 0 Å². The van der Waals surface area contributed by atoms with Crippen molar-refractivity contribution in [1.29, 1.82) is 0 Å². The number of aromatic hydroxyl groups is 1. The van der Waals surface area contributed by atoms with Gasteiger partial charge in [-0.15, -0.1) is 0 Å². The van der Waals surface area contributed by atoms with Crippen LogP contribution in [0.15, 0.2) is 12.1 Å². The Kier molecular flexibility index (Phi) is 7.50. The van der Waals surface area contributed by atoms with Crippen LogP contribution in [0.25, 0.3) is 0 Å². The highest BCUT2D eigenvalue weighted by atomic mass is 16.5. The monoisotopic (exact) mass is 463 g/mol. The van der Waals surface area contributed by atoms with Gasteiger partial charge in [0, 0.05) is 38.4 Å². The van der Waals surface area contributed by atoms with Crippen LogP contribution in [0.3, 0.4) is 0 Å². The normalized spacial score (nSPS) is 23.2. The second-order valence-corrected chi connectivity index (χ2v) is 8.81. The van der Waals surface area contributed by atoms with Gasteiger partial charge in [-0.1, -0.05) is 19.9 Å². The molecule has 6 N–H and O–H groups in total. The number of likely N-dealkylation sites (tertiary alicyclic amines) is 1. The summed E-state index contributed by atoms with van der Waals surface area (Å²) in [6.07, 6.45) is -0.304. The number of phenols is 1. The van der Waals surface area contributed by atoms with Gasteiger partial charge in [0.2, 0.25) is 11.8 Å². The van der Waals surface area contributed by atoms with Crippen LogP contribution in [0.5, 0.6) is 11.5 Å². The van der Waals surface area contributed by atoms with Gasteiger partial charge < -0.3 is 35.6 Å². The molecule has 3 unspecified atom stereocenters. The van der Waals surface area contributed by atoms with Gasteiger partial charge >= 0.3 is 13.1 Å². The fourth-order valence-corrected chi connectivity index (χ4v) is 4.43. The van der Waals surface area contributed by atoms with E-state index < -0.39 is 24.7 Å². The Morgan fingerprint density at radius 1 is 1.27 bits per heavy atom. The molecule has 1 aliphatic heterocycles. The van der Waals surface area contributed by atoms with Gasteiger partial charge in [-0.3, -0.25) is 14.5 Å². The van der Waals surface area contributed by atoms with E-state index in [9.17, 15) is 34.6 Å². The lowest BCUT2D eigenvalue weighted by Crippen LogP contribution is -2.56. The van der Waals surface area contributed by atoms with Crippen molar-refractivity contribution in [2.24, 2.45) is 11.8 Å². The number of aromatic carboxylic acids is 1. The number of hydrogen-bond donors (Lipinski definition) is 6. The van der Waals surface area contributed by atoms with Crippen LogP contribution in [0.4, 0.5) is 0 Å². The van der Waals surface area contributed by atoms with E-state index in [1.54, 1.807) is 13.0 Å². The predicted molar refractivity (Wildman–Crippen MR) is 118 cm³/mol. The summed E-state index contributed by atoms with van der Waals surface area (Å²) in [4.78, 5) is 37.1. The lowest BCUT2D eigenvalue weighted by Gasteiger charge is -2.40. The van der Waals surface area contributed by atoms with Crippen molar-refractivity contribution in [3.8, 4) is 11.5 Å². The molecule has 33 heavy (non-hydrogen) atoms. The van der Waals surface area contributed by atoms with Crippen LogP contribution in [0.1, 0.15) is 35.7 Å². The van der Waals surface area contributed by atoms with E-state index in [0.717, 1.165) is 0 Å². The highest BCUT2D eigenvalue weighted by molar-refractivity contribution is 6.45. The Morgan fingerprint density at radius 2 is 1.94 bits per heavy atom. The first-order chi connectivity index (χ1) is 15.5. The number of ether oxygens (including phenoxy) is 1. The summed E-state index contributed by atoms with van der Waals surface area (Å²) in [6, 6.07) is 3.05. The standard InChI is InChI=1S/C21H30BN3O8/c1-10(20(28)24-6-15(26)23-3)7-25-8-12(9-25)33-14-5-4-13(19(27)17(14)21(29)30)16-11(2)18(16)22(31)32/h4-5,10-12,16,18,27,31-32H,6-9H2,1-3H3,(H,23,26)(H,24,28)(H,29,30)/t10-,11?,16?,18?/m0/s1. The predicted octanol–water partition coefficient (Wildman–Crippen LogP) is -0.772. The van der Waals surface area contributed by atoms with Crippen molar-refractivity contribution >= 4 is 24.9 Å². The summed E-state index contributed by atoms with van der Waals surface area (Å²) in [5, 5.41) is 44.1. The molecule has 0 spiro atoms. The Bertz CT molecular complexity index is 921. The number of carbonyl (C=O) groups excluding carboxylic acids is 2. The first-order valence-electron chi connectivity index (χ1n) is 10.9. The van der Waals surface area contributed by atoms with E-state index >= 15 is 0 Å². The molecular weight excluding hydrogens is 433 g/mol. The number of carboxylic acid groups (broad SMARTS) is 1. The van der Waals surface area contributed by atoms with E-state index in [1.165, 1.54) is 13.1 Å². The van der Waals surface area contributed by atoms with Gasteiger partial charge in [-0.25, -0.2) is 4.79 Å². The molecule has 12 heteroatoms. The third kappa shape index (κ3) is 5.40. The third-order valence-electron chi connectivity index (χ3n) is 6.43.